The van der Waals surface area contributed by atoms with Gasteiger partial charge in [-0.3, -0.25) is 4.68 Å². The van der Waals surface area contributed by atoms with Crippen LogP contribution in [-0.2, 0) is 7.05 Å². The third-order valence-electron chi connectivity index (χ3n) is 2.28. The van der Waals surface area contributed by atoms with Crippen molar-refractivity contribution < 1.29 is 10.2 Å². The Morgan fingerprint density at radius 1 is 1.33 bits per heavy atom. The Kier molecular flexibility index (Phi) is 3.93. The third kappa shape index (κ3) is 2.40. The first-order valence-electron chi connectivity index (χ1n) is 4.87. The molecule has 0 amide bonds. The minimum absolute atomic E-state index is 0.0175. The van der Waals surface area contributed by atoms with Gasteiger partial charge in [-0.1, -0.05) is 0 Å². The summed E-state index contributed by atoms with van der Waals surface area (Å²) in [4.78, 5) is 1.81. The molecule has 0 fully saturated rings. The fourth-order valence-corrected chi connectivity index (χ4v) is 1.60. The van der Waals surface area contributed by atoms with Gasteiger partial charge in [-0.25, -0.2) is 0 Å². The van der Waals surface area contributed by atoms with Gasteiger partial charge >= 0.3 is 0 Å². The van der Waals surface area contributed by atoms with Crippen molar-refractivity contribution in [2.24, 2.45) is 7.05 Å². The van der Waals surface area contributed by atoms with E-state index in [1.807, 2.05) is 11.8 Å². The van der Waals surface area contributed by atoms with Gasteiger partial charge in [-0.2, -0.15) is 5.10 Å². The number of hydrogen-bond donors (Lipinski definition) is 3. The second-order valence-corrected chi connectivity index (χ2v) is 3.38. The molecule has 6 heteroatoms. The summed E-state index contributed by atoms with van der Waals surface area (Å²) in [5.74, 6) is 0.746. The van der Waals surface area contributed by atoms with Crippen LogP contribution in [0.15, 0.2) is 0 Å². The minimum Gasteiger partial charge on any atom is -0.395 e. The molecule has 0 aliphatic heterocycles. The fourth-order valence-electron chi connectivity index (χ4n) is 1.60. The maximum atomic E-state index is 8.92. The summed E-state index contributed by atoms with van der Waals surface area (Å²) in [7, 11) is 1.79. The van der Waals surface area contributed by atoms with E-state index in [1.165, 1.54) is 0 Å². The molecule has 86 valence electrons. The molecular formula is C9H18N4O2. The first-order chi connectivity index (χ1) is 7.11. The number of aryl methyl sites for hydroxylation is 2. The molecule has 4 N–H and O–H groups in total. The normalized spacial score (nSPS) is 10.7. The number of aliphatic hydroxyl groups excluding tert-OH is 2. The zero-order valence-corrected chi connectivity index (χ0v) is 9.14. The molecule has 6 nitrogen and oxygen atoms in total. The SMILES string of the molecule is Cc1nn(C)c(N(CCO)CCO)c1N. The van der Waals surface area contributed by atoms with Crippen LogP contribution in [0.3, 0.4) is 0 Å². The molecular weight excluding hydrogens is 196 g/mol. The Labute approximate surface area is 88.9 Å². The molecule has 0 aromatic carbocycles. The van der Waals surface area contributed by atoms with E-state index in [1.54, 1.807) is 11.7 Å². The number of hydrogen-bond acceptors (Lipinski definition) is 5. The molecule has 0 bridgehead atoms. The van der Waals surface area contributed by atoms with E-state index >= 15 is 0 Å². The largest absolute Gasteiger partial charge is 0.395 e. The quantitative estimate of drug-likeness (QED) is 0.591. The lowest BCUT2D eigenvalue weighted by atomic mass is 10.3. The van der Waals surface area contributed by atoms with Crippen LogP contribution in [0.2, 0.25) is 0 Å². The summed E-state index contributed by atoms with van der Waals surface area (Å²) in [5.41, 5.74) is 7.23. The molecule has 1 rings (SSSR count). The molecule has 0 saturated carbocycles. The number of nitrogen functional groups attached to an aromatic ring is 1. The number of nitrogens with two attached hydrogens (primary N) is 1. The van der Waals surface area contributed by atoms with Crippen molar-refractivity contribution in [2.45, 2.75) is 6.92 Å². The molecule has 0 atom stereocenters. The summed E-state index contributed by atoms with van der Waals surface area (Å²) >= 11 is 0. The fraction of sp³-hybridized carbons (Fsp3) is 0.667. The molecule has 15 heavy (non-hydrogen) atoms. The van der Waals surface area contributed by atoms with Crippen molar-refractivity contribution in [3.05, 3.63) is 5.69 Å². The predicted octanol–water partition coefficient (Wildman–Crippen LogP) is -0.898. The average molecular weight is 214 g/mol. The summed E-state index contributed by atoms with van der Waals surface area (Å²) < 4.78 is 1.66. The molecule has 0 spiro atoms. The van der Waals surface area contributed by atoms with E-state index in [2.05, 4.69) is 5.10 Å². The molecule has 0 aliphatic rings. The van der Waals surface area contributed by atoms with E-state index in [4.69, 9.17) is 15.9 Å². The standard InChI is InChI=1S/C9H18N4O2/c1-7-8(10)9(12(2)11-7)13(3-5-14)4-6-15/h14-15H,3-6,10H2,1-2H3. The molecule has 1 heterocycles. The van der Waals surface area contributed by atoms with E-state index in [9.17, 15) is 0 Å². The van der Waals surface area contributed by atoms with Crippen molar-refractivity contribution in [2.75, 3.05) is 36.9 Å². The van der Waals surface area contributed by atoms with Gasteiger partial charge in [0.2, 0.25) is 0 Å². The zero-order valence-electron chi connectivity index (χ0n) is 9.14. The Bertz CT molecular complexity index is 318. The molecule has 0 unspecified atom stereocenters. The molecule has 0 radical (unpaired) electrons. The number of aromatic nitrogens is 2. The van der Waals surface area contributed by atoms with Gasteiger partial charge < -0.3 is 20.8 Å². The molecule has 0 aliphatic carbocycles. The summed E-state index contributed by atoms with van der Waals surface area (Å²) in [6.07, 6.45) is 0. The number of rotatable bonds is 5. The van der Waals surface area contributed by atoms with Crippen molar-refractivity contribution in [1.82, 2.24) is 9.78 Å². The highest BCUT2D eigenvalue weighted by molar-refractivity contribution is 5.66. The second-order valence-electron chi connectivity index (χ2n) is 3.38. The van der Waals surface area contributed by atoms with Crippen molar-refractivity contribution in [3.63, 3.8) is 0 Å². The third-order valence-corrected chi connectivity index (χ3v) is 2.28. The van der Waals surface area contributed by atoms with E-state index < -0.39 is 0 Å². The molecule has 1 aromatic heterocycles. The van der Waals surface area contributed by atoms with Crippen LogP contribution in [0.25, 0.3) is 0 Å². The van der Waals surface area contributed by atoms with Crippen molar-refractivity contribution >= 4 is 11.5 Å². The van der Waals surface area contributed by atoms with E-state index in [0.29, 0.717) is 18.8 Å². The van der Waals surface area contributed by atoms with E-state index in [-0.39, 0.29) is 13.2 Å². The van der Waals surface area contributed by atoms with Crippen LogP contribution in [0.5, 0.6) is 0 Å². The minimum atomic E-state index is 0.0175. The van der Waals surface area contributed by atoms with Crippen LogP contribution in [-0.4, -0.2) is 46.3 Å². The summed E-state index contributed by atoms with van der Waals surface area (Å²) in [5, 5.41) is 22.0. The Hall–Kier alpha value is -1.27. The first kappa shape index (κ1) is 11.8. The van der Waals surface area contributed by atoms with Crippen LogP contribution >= 0.6 is 0 Å². The Morgan fingerprint density at radius 3 is 2.20 bits per heavy atom. The number of anilines is 2. The van der Waals surface area contributed by atoms with Crippen LogP contribution in [0.1, 0.15) is 5.69 Å². The molecule has 1 aromatic rings. The maximum Gasteiger partial charge on any atom is 0.150 e. The lowest BCUT2D eigenvalue weighted by molar-refractivity contribution is 0.280. The zero-order chi connectivity index (χ0) is 11.4. The highest BCUT2D eigenvalue weighted by Crippen LogP contribution is 2.24. The highest BCUT2D eigenvalue weighted by Gasteiger charge is 2.16. The van der Waals surface area contributed by atoms with Crippen LogP contribution in [0.4, 0.5) is 11.5 Å². The van der Waals surface area contributed by atoms with Crippen LogP contribution in [0, 0.1) is 6.92 Å². The lowest BCUT2D eigenvalue weighted by Gasteiger charge is -2.23. The summed E-state index contributed by atoms with van der Waals surface area (Å²) in [6.45, 7) is 2.73. The van der Waals surface area contributed by atoms with Gasteiger partial charge in [0, 0.05) is 20.1 Å². The van der Waals surface area contributed by atoms with Gasteiger partial charge in [0.25, 0.3) is 0 Å². The van der Waals surface area contributed by atoms with Gasteiger partial charge in [-0.15, -0.1) is 0 Å². The van der Waals surface area contributed by atoms with Crippen molar-refractivity contribution in [3.8, 4) is 0 Å². The average Bonchev–Trinajstić information content (AvgIpc) is 2.41. The lowest BCUT2D eigenvalue weighted by Crippen LogP contribution is -2.31. The topological polar surface area (TPSA) is 87.5 Å². The van der Waals surface area contributed by atoms with Gasteiger partial charge in [-0.05, 0) is 6.92 Å². The maximum absolute atomic E-state index is 8.92. The molecule has 0 saturated heterocycles. The van der Waals surface area contributed by atoms with Crippen molar-refractivity contribution in [1.29, 1.82) is 0 Å². The van der Waals surface area contributed by atoms with Gasteiger partial charge in [0.05, 0.1) is 24.6 Å². The Morgan fingerprint density at radius 2 is 1.87 bits per heavy atom. The highest BCUT2D eigenvalue weighted by atomic mass is 16.3. The second kappa shape index (κ2) is 4.99. The Balaban J connectivity index is 2.98. The van der Waals surface area contributed by atoms with Crippen LogP contribution < -0.4 is 10.6 Å². The smallest absolute Gasteiger partial charge is 0.150 e. The predicted molar refractivity (Wildman–Crippen MR) is 58.7 cm³/mol. The first-order valence-corrected chi connectivity index (χ1v) is 4.87. The van der Waals surface area contributed by atoms with E-state index in [0.717, 1.165) is 11.5 Å². The summed E-state index contributed by atoms with van der Waals surface area (Å²) in [6, 6.07) is 0. The van der Waals surface area contributed by atoms with Gasteiger partial charge in [0.15, 0.2) is 5.82 Å². The number of nitrogens with zero attached hydrogens (tertiary/aromatic N) is 3. The number of aliphatic hydroxyl groups is 2. The van der Waals surface area contributed by atoms with Gasteiger partial charge in [0.1, 0.15) is 0 Å². The monoisotopic (exact) mass is 214 g/mol.